The Hall–Kier alpha value is -3.40. The van der Waals surface area contributed by atoms with Crippen LogP contribution in [0.4, 0.5) is 11.4 Å². The van der Waals surface area contributed by atoms with Crippen LogP contribution in [0.3, 0.4) is 0 Å². The van der Waals surface area contributed by atoms with Gasteiger partial charge in [-0.05, 0) is 43.0 Å². The van der Waals surface area contributed by atoms with Crippen LogP contribution < -0.4 is 5.32 Å². The lowest BCUT2D eigenvalue weighted by atomic mass is 9.90. The Morgan fingerprint density at radius 3 is 2.50 bits per heavy atom. The van der Waals surface area contributed by atoms with Crippen molar-refractivity contribution in [3.8, 4) is 5.69 Å². The Balaban J connectivity index is 1.92. The molecule has 1 N–H and O–H groups in total. The second-order valence-corrected chi connectivity index (χ2v) is 8.20. The lowest BCUT2D eigenvalue weighted by Gasteiger charge is -2.25. The van der Waals surface area contributed by atoms with E-state index in [0.29, 0.717) is 17.1 Å². The predicted octanol–water partition coefficient (Wildman–Crippen LogP) is 4.29. The van der Waals surface area contributed by atoms with E-state index in [0.717, 1.165) is 5.56 Å². The van der Waals surface area contributed by atoms with E-state index in [4.69, 9.17) is 6.57 Å². The van der Waals surface area contributed by atoms with E-state index in [1.54, 1.807) is 52.2 Å². The van der Waals surface area contributed by atoms with Gasteiger partial charge in [0.25, 0.3) is 5.91 Å². The molecule has 0 unspecified atom stereocenters. The number of hydrogen-bond acceptors (Lipinski definition) is 3. The molecule has 3 rings (SSSR count). The van der Waals surface area contributed by atoms with Crippen molar-refractivity contribution in [2.75, 3.05) is 5.32 Å². The number of aromatic nitrogens is 4. The van der Waals surface area contributed by atoms with Gasteiger partial charge in [-0.15, -0.1) is 0 Å². The van der Waals surface area contributed by atoms with Crippen molar-refractivity contribution in [2.45, 2.75) is 45.6 Å². The molecule has 28 heavy (non-hydrogen) atoms. The molecule has 0 radical (unpaired) electrons. The Morgan fingerprint density at radius 1 is 1.18 bits per heavy atom. The topological polar surface area (TPSA) is 69.1 Å². The predicted molar refractivity (Wildman–Crippen MR) is 109 cm³/mol. The first-order valence-electron chi connectivity index (χ1n) is 9.01. The zero-order valence-corrected chi connectivity index (χ0v) is 16.8. The van der Waals surface area contributed by atoms with E-state index in [2.05, 4.69) is 41.1 Å². The summed E-state index contributed by atoms with van der Waals surface area (Å²) in [5.74, 6) is -0.208. The summed E-state index contributed by atoms with van der Waals surface area (Å²) in [5, 5.41) is 11.6. The van der Waals surface area contributed by atoms with Gasteiger partial charge in [0, 0.05) is 18.6 Å². The van der Waals surface area contributed by atoms with E-state index in [-0.39, 0.29) is 11.3 Å². The summed E-state index contributed by atoms with van der Waals surface area (Å²) < 4.78 is 3.31. The molecule has 2 heterocycles. The van der Waals surface area contributed by atoms with Gasteiger partial charge < -0.3 is 5.32 Å². The fraction of sp³-hybridized carbons (Fsp3) is 0.333. The van der Waals surface area contributed by atoms with Crippen molar-refractivity contribution in [3.63, 3.8) is 0 Å². The summed E-state index contributed by atoms with van der Waals surface area (Å²) in [6.45, 7) is 17.2. The molecule has 1 amide bonds. The Morgan fingerprint density at radius 2 is 1.93 bits per heavy atom. The molecule has 0 fully saturated rings. The number of carbonyl (C=O) groups excluding carboxylic acids is 1. The van der Waals surface area contributed by atoms with Gasteiger partial charge in [0.1, 0.15) is 5.54 Å². The minimum absolute atomic E-state index is 0.0480. The monoisotopic (exact) mass is 376 g/mol. The largest absolute Gasteiger partial charge is 0.322 e. The first-order chi connectivity index (χ1) is 13.1. The van der Waals surface area contributed by atoms with Crippen LogP contribution in [0.1, 0.15) is 40.2 Å². The molecule has 0 saturated heterocycles. The summed E-state index contributed by atoms with van der Waals surface area (Å²) in [6.07, 6.45) is 7.13. The van der Waals surface area contributed by atoms with Crippen LogP contribution in [-0.2, 0) is 15.7 Å². The van der Waals surface area contributed by atoms with Gasteiger partial charge in [-0.25, -0.2) is 9.53 Å². The molecule has 2 aromatic heterocycles. The van der Waals surface area contributed by atoms with Crippen molar-refractivity contribution in [1.29, 1.82) is 0 Å². The van der Waals surface area contributed by atoms with Crippen molar-refractivity contribution < 1.29 is 4.79 Å². The lowest BCUT2D eigenvalue weighted by Crippen LogP contribution is -2.40. The highest BCUT2D eigenvalue weighted by Crippen LogP contribution is 2.28. The normalized spacial score (nSPS) is 11.9. The third-order valence-electron chi connectivity index (χ3n) is 4.69. The van der Waals surface area contributed by atoms with Crippen molar-refractivity contribution in [1.82, 2.24) is 19.6 Å². The molecule has 144 valence electrons. The highest BCUT2D eigenvalue weighted by atomic mass is 16.2. The average molecular weight is 376 g/mol. The zero-order chi connectivity index (χ0) is 20.5. The van der Waals surface area contributed by atoms with E-state index in [9.17, 15) is 4.79 Å². The standard InChI is InChI=1S/C21H24N6O/c1-20(2,3)15-13-24-27(14-15)21(4,5)19(28)25-17-9-8-16(22-6)12-18(17)26-11-7-10-23-26/h7-14H,1-5H3,(H,25,28). The van der Waals surface area contributed by atoms with Gasteiger partial charge >= 0.3 is 0 Å². The highest BCUT2D eigenvalue weighted by Gasteiger charge is 2.32. The fourth-order valence-electron chi connectivity index (χ4n) is 2.69. The number of hydrogen-bond donors (Lipinski definition) is 1. The molecule has 7 heteroatoms. The van der Waals surface area contributed by atoms with E-state index < -0.39 is 5.54 Å². The number of benzene rings is 1. The smallest absolute Gasteiger partial charge is 0.251 e. The molecule has 0 saturated carbocycles. The van der Waals surface area contributed by atoms with Gasteiger partial charge in [0.2, 0.25) is 0 Å². The average Bonchev–Trinajstić information content (AvgIpc) is 3.33. The Labute approximate surface area is 164 Å². The van der Waals surface area contributed by atoms with Gasteiger partial charge in [-0.3, -0.25) is 9.48 Å². The van der Waals surface area contributed by atoms with Crippen molar-refractivity contribution in [2.24, 2.45) is 0 Å². The lowest BCUT2D eigenvalue weighted by molar-refractivity contribution is -0.123. The van der Waals surface area contributed by atoms with Crippen LogP contribution in [0, 0.1) is 6.57 Å². The van der Waals surface area contributed by atoms with E-state index >= 15 is 0 Å². The molecule has 0 aliphatic rings. The minimum Gasteiger partial charge on any atom is -0.322 e. The number of carbonyl (C=O) groups is 1. The van der Waals surface area contributed by atoms with E-state index in [1.807, 2.05) is 20.0 Å². The second kappa shape index (κ2) is 6.97. The molecular weight excluding hydrogens is 352 g/mol. The van der Waals surface area contributed by atoms with Crippen LogP contribution in [0.2, 0.25) is 0 Å². The number of nitrogens with zero attached hydrogens (tertiary/aromatic N) is 5. The van der Waals surface area contributed by atoms with Gasteiger partial charge in [-0.1, -0.05) is 26.8 Å². The number of rotatable bonds is 4. The molecule has 0 bridgehead atoms. The molecule has 3 aromatic rings. The third-order valence-corrected chi connectivity index (χ3v) is 4.69. The maximum Gasteiger partial charge on any atom is 0.251 e. The van der Waals surface area contributed by atoms with Crippen LogP contribution in [0.5, 0.6) is 0 Å². The number of nitrogens with one attached hydrogen (secondary N) is 1. The van der Waals surface area contributed by atoms with E-state index in [1.165, 1.54) is 0 Å². The second-order valence-electron chi connectivity index (χ2n) is 8.20. The summed E-state index contributed by atoms with van der Waals surface area (Å²) >= 11 is 0. The SMILES string of the molecule is [C-]#[N+]c1ccc(NC(=O)C(C)(C)n2cc(C(C)(C)C)cn2)c(-n2cccn2)c1. The van der Waals surface area contributed by atoms with Gasteiger partial charge in [0.15, 0.2) is 5.69 Å². The first-order valence-corrected chi connectivity index (χ1v) is 9.01. The molecular formula is C21H24N6O. The first kappa shape index (κ1) is 19.4. The fourth-order valence-corrected chi connectivity index (χ4v) is 2.69. The maximum atomic E-state index is 13.1. The van der Waals surface area contributed by atoms with Crippen LogP contribution in [0.25, 0.3) is 10.5 Å². The van der Waals surface area contributed by atoms with Gasteiger partial charge in [0.05, 0.1) is 24.1 Å². The molecule has 0 atom stereocenters. The quantitative estimate of drug-likeness (QED) is 0.691. The van der Waals surface area contributed by atoms with Crippen LogP contribution in [-0.4, -0.2) is 25.5 Å². The molecule has 7 nitrogen and oxygen atoms in total. The zero-order valence-electron chi connectivity index (χ0n) is 16.8. The van der Waals surface area contributed by atoms with Crippen LogP contribution in [0.15, 0.2) is 49.1 Å². The summed E-state index contributed by atoms with van der Waals surface area (Å²) in [7, 11) is 0. The number of amides is 1. The summed E-state index contributed by atoms with van der Waals surface area (Å²) in [5.41, 5.74) is 1.81. The molecule has 0 spiro atoms. The van der Waals surface area contributed by atoms with Crippen molar-refractivity contribution in [3.05, 3.63) is 66.0 Å². The Bertz CT molecular complexity index is 1030. The summed E-state index contributed by atoms with van der Waals surface area (Å²) in [4.78, 5) is 16.6. The maximum absolute atomic E-state index is 13.1. The Kier molecular flexibility index (Phi) is 4.82. The van der Waals surface area contributed by atoms with Crippen molar-refractivity contribution >= 4 is 17.3 Å². The van der Waals surface area contributed by atoms with Crippen LogP contribution >= 0.6 is 0 Å². The molecule has 1 aromatic carbocycles. The molecule has 0 aliphatic heterocycles. The third kappa shape index (κ3) is 3.67. The highest BCUT2D eigenvalue weighted by molar-refractivity contribution is 5.98. The minimum atomic E-state index is -0.899. The number of anilines is 1. The van der Waals surface area contributed by atoms with Gasteiger partial charge in [-0.2, -0.15) is 10.2 Å². The molecule has 0 aliphatic carbocycles. The summed E-state index contributed by atoms with van der Waals surface area (Å²) in [6, 6.07) is 6.89.